The number of likely N-dealkylation sites (N-methyl/N-ethyl adjacent to an activating group) is 1. The molecule has 28 heavy (non-hydrogen) atoms. The summed E-state index contributed by atoms with van der Waals surface area (Å²) in [6, 6.07) is 10.7. The summed E-state index contributed by atoms with van der Waals surface area (Å²) in [5, 5.41) is 2.97. The molecule has 0 aliphatic carbocycles. The minimum atomic E-state index is -0.363. The molecular formula is C21H25N5O2. The zero-order valence-corrected chi connectivity index (χ0v) is 16.4. The van der Waals surface area contributed by atoms with E-state index in [2.05, 4.69) is 15.3 Å². The Balaban J connectivity index is 1.91. The van der Waals surface area contributed by atoms with Gasteiger partial charge in [0.15, 0.2) is 0 Å². The van der Waals surface area contributed by atoms with E-state index in [1.54, 1.807) is 29.4 Å². The largest absolute Gasteiger partial charge is 0.342 e. The zero-order chi connectivity index (χ0) is 20.1. The number of aromatic nitrogens is 3. The second-order valence-electron chi connectivity index (χ2n) is 6.54. The van der Waals surface area contributed by atoms with Crippen LogP contribution in [-0.4, -0.2) is 44.3 Å². The molecule has 7 heteroatoms. The van der Waals surface area contributed by atoms with E-state index in [4.69, 9.17) is 0 Å². The van der Waals surface area contributed by atoms with Crippen molar-refractivity contribution in [2.75, 3.05) is 13.1 Å². The van der Waals surface area contributed by atoms with Crippen molar-refractivity contribution in [3.63, 3.8) is 0 Å². The molecule has 3 rings (SSSR count). The average Bonchev–Trinajstić information content (AvgIpc) is 3.08. The molecule has 1 unspecified atom stereocenters. The van der Waals surface area contributed by atoms with Gasteiger partial charge in [-0.15, -0.1) is 0 Å². The van der Waals surface area contributed by atoms with E-state index >= 15 is 0 Å². The van der Waals surface area contributed by atoms with Crippen LogP contribution >= 0.6 is 0 Å². The third kappa shape index (κ3) is 4.03. The Bertz CT molecular complexity index is 963. The Kier molecular flexibility index (Phi) is 6.03. The van der Waals surface area contributed by atoms with Crippen molar-refractivity contribution in [3.8, 4) is 0 Å². The highest BCUT2D eigenvalue weighted by Gasteiger charge is 2.21. The van der Waals surface area contributed by atoms with Gasteiger partial charge in [0, 0.05) is 31.0 Å². The standard InChI is InChI=1S/C21H25N5O2/c1-4-25(5-2)19(27)14-26-18-9-7-6-8-17(18)24-20(26)15(3)23-21(28)16-10-12-22-13-11-16/h6-13,15H,4-5,14H2,1-3H3,(H,23,28). The molecular weight excluding hydrogens is 354 g/mol. The van der Waals surface area contributed by atoms with Crippen molar-refractivity contribution in [1.82, 2.24) is 24.8 Å². The summed E-state index contributed by atoms with van der Waals surface area (Å²) in [6.45, 7) is 7.31. The normalized spacial score (nSPS) is 12.0. The summed E-state index contributed by atoms with van der Waals surface area (Å²) in [7, 11) is 0. The van der Waals surface area contributed by atoms with E-state index in [1.165, 1.54) is 0 Å². The predicted octanol–water partition coefficient (Wildman–Crippen LogP) is 2.79. The lowest BCUT2D eigenvalue weighted by Crippen LogP contribution is -2.35. The van der Waals surface area contributed by atoms with Crippen LogP contribution in [0.1, 0.15) is 43.0 Å². The number of carbonyl (C=O) groups is 2. The number of rotatable bonds is 7. The van der Waals surface area contributed by atoms with Gasteiger partial charge in [0.1, 0.15) is 12.4 Å². The zero-order valence-electron chi connectivity index (χ0n) is 16.4. The quantitative estimate of drug-likeness (QED) is 0.684. The maximum absolute atomic E-state index is 12.7. The van der Waals surface area contributed by atoms with Crippen molar-refractivity contribution < 1.29 is 9.59 Å². The summed E-state index contributed by atoms with van der Waals surface area (Å²) >= 11 is 0. The summed E-state index contributed by atoms with van der Waals surface area (Å²) in [5.74, 6) is 0.481. The molecule has 1 N–H and O–H groups in total. The number of nitrogens with zero attached hydrogens (tertiary/aromatic N) is 4. The lowest BCUT2D eigenvalue weighted by molar-refractivity contribution is -0.131. The number of nitrogens with one attached hydrogen (secondary N) is 1. The van der Waals surface area contributed by atoms with Gasteiger partial charge in [-0.3, -0.25) is 14.6 Å². The van der Waals surface area contributed by atoms with Gasteiger partial charge < -0.3 is 14.8 Å². The number of hydrogen-bond acceptors (Lipinski definition) is 4. The van der Waals surface area contributed by atoms with Gasteiger partial charge in [-0.1, -0.05) is 12.1 Å². The molecule has 0 saturated carbocycles. The van der Waals surface area contributed by atoms with Gasteiger partial charge in [-0.2, -0.15) is 0 Å². The second kappa shape index (κ2) is 8.65. The van der Waals surface area contributed by atoms with Gasteiger partial charge in [0.25, 0.3) is 5.91 Å². The van der Waals surface area contributed by atoms with Crippen LogP contribution in [0, 0.1) is 0 Å². The smallest absolute Gasteiger partial charge is 0.251 e. The summed E-state index contributed by atoms with van der Waals surface area (Å²) in [6.07, 6.45) is 3.16. The minimum absolute atomic E-state index is 0.0297. The van der Waals surface area contributed by atoms with E-state index in [1.807, 2.05) is 49.6 Å². The molecule has 0 spiro atoms. The van der Waals surface area contributed by atoms with E-state index in [-0.39, 0.29) is 24.4 Å². The second-order valence-corrected chi connectivity index (χ2v) is 6.54. The van der Waals surface area contributed by atoms with E-state index < -0.39 is 0 Å². The fourth-order valence-corrected chi connectivity index (χ4v) is 3.25. The highest BCUT2D eigenvalue weighted by Crippen LogP contribution is 2.21. The summed E-state index contributed by atoms with van der Waals surface area (Å²) < 4.78 is 1.90. The molecule has 7 nitrogen and oxygen atoms in total. The number of fused-ring (bicyclic) bond motifs is 1. The molecule has 146 valence electrons. The minimum Gasteiger partial charge on any atom is -0.342 e. The van der Waals surface area contributed by atoms with Gasteiger partial charge in [-0.25, -0.2) is 4.98 Å². The predicted molar refractivity (Wildman–Crippen MR) is 108 cm³/mol. The molecule has 0 fully saturated rings. The fraction of sp³-hybridized carbons (Fsp3) is 0.333. The first-order chi connectivity index (χ1) is 13.5. The number of benzene rings is 1. The Labute approximate surface area is 164 Å². The van der Waals surface area contributed by atoms with Crippen LogP contribution in [0.3, 0.4) is 0 Å². The molecule has 0 saturated heterocycles. The number of para-hydroxylation sites is 2. The van der Waals surface area contributed by atoms with Crippen LogP contribution in [0.25, 0.3) is 11.0 Å². The summed E-state index contributed by atoms with van der Waals surface area (Å²) in [5.41, 5.74) is 2.21. The van der Waals surface area contributed by atoms with Gasteiger partial charge in [0.05, 0.1) is 17.1 Å². The number of hydrogen-bond donors (Lipinski definition) is 1. The van der Waals surface area contributed by atoms with Crippen LogP contribution < -0.4 is 5.32 Å². The van der Waals surface area contributed by atoms with Crippen LogP contribution in [0.2, 0.25) is 0 Å². The highest BCUT2D eigenvalue weighted by molar-refractivity contribution is 5.94. The lowest BCUT2D eigenvalue weighted by atomic mass is 10.2. The lowest BCUT2D eigenvalue weighted by Gasteiger charge is -2.21. The molecule has 0 aliphatic heterocycles. The molecule has 0 bridgehead atoms. The summed E-state index contributed by atoms with van der Waals surface area (Å²) in [4.78, 5) is 35.7. The first-order valence-electron chi connectivity index (χ1n) is 9.49. The van der Waals surface area contributed by atoms with Crippen LogP contribution in [-0.2, 0) is 11.3 Å². The Morgan fingerprint density at radius 3 is 2.46 bits per heavy atom. The van der Waals surface area contributed by atoms with Crippen molar-refractivity contribution in [2.45, 2.75) is 33.4 Å². The van der Waals surface area contributed by atoms with Gasteiger partial charge in [0.2, 0.25) is 5.91 Å². The molecule has 2 amide bonds. The molecule has 1 aromatic carbocycles. The number of amides is 2. The Morgan fingerprint density at radius 2 is 1.79 bits per heavy atom. The van der Waals surface area contributed by atoms with E-state index in [0.717, 1.165) is 11.0 Å². The van der Waals surface area contributed by atoms with Gasteiger partial charge in [-0.05, 0) is 45.0 Å². The number of pyridine rings is 1. The monoisotopic (exact) mass is 379 g/mol. The third-order valence-corrected chi connectivity index (χ3v) is 4.77. The first kappa shape index (κ1) is 19.5. The topological polar surface area (TPSA) is 80.1 Å². The van der Waals surface area contributed by atoms with Crippen LogP contribution in [0.15, 0.2) is 48.8 Å². The molecule has 0 aliphatic rings. The molecule has 3 aromatic rings. The van der Waals surface area contributed by atoms with Gasteiger partial charge >= 0.3 is 0 Å². The van der Waals surface area contributed by atoms with E-state index in [0.29, 0.717) is 24.5 Å². The fourth-order valence-electron chi connectivity index (χ4n) is 3.25. The van der Waals surface area contributed by atoms with Crippen LogP contribution in [0.4, 0.5) is 0 Å². The number of imidazole rings is 1. The molecule has 0 radical (unpaired) electrons. The Morgan fingerprint density at radius 1 is 1.11 bits per heavy atom. The molecule has 2 aromatic heterocycles. The number of carbonyl (C=O) groups excluding carboxylic acids is 2. The maximum atomic E-state index is 12.7. The van der Waals surface area contributed by atoms with Crippen molar-refractivity contribution >= 4 is 22.8 Å². The van der Waals surface area contributed by atoms with Crippen LogP contribution in [0.5, 0.6) is 0 Å². The average molecular weight is 379 g/mol. The van der Waals surface area contributed by atoms with Crippen molar-refractivity contribution in [3.05, 3.63) is 60.2 Å². The van der Waals surface area contributed by atoms with Crippen molar-refractivity contribution in [1.29, 1.82) is 0 Å². The SMILES string of the molecule is CCN(CC)C(=O)Cn1c(C(C)NC(=O)c2ccncc2)nc2ccccc21. The highest BCUT2D eigenvalue weighted by atomic mass is 16.2. The molecule has 2 heterocycles. The first-order valence-corrected chi connectivity index (χ1v) is 9.49. The van der Waals surface area contributed by atoms with Crippen molar-refractivity contribution in [2.24, 2.45) is 0 Å². The van der Waals surface area contributed by atoms with E-state index in [9.17, 15) is 9.59 Å². The maximum Gasteiger partial charge on any atom is 0.251 e. The molecule has 1 atom stereocenters. The Hall–Kier alpha value is -3.22. The third-order valence-electron chi connectivity index (χ3n) is 4.77.